The van der Waals surface area contributed by atoms with Crippen LogP contribution < -0.4 is 20.1 Å². The Morgan fingerprint density at radius 3 is 2.67 bits per heavy atom. The third-order valence-corrected chi connectivity index (χ3v) is 5.00. The number of nitrogens with one attached hydrogen (secondary N) is 2. The van der Waals surface area contributed by atoms with Gasteiger partial charge in [-0.1, -0.05) is 36.4 Å². The molecular weight excluding hydrogens is 380 g/mol. The van der Waals surface area contributed by atoms with Gasteiger partial charge in [0.1, 0.15) is 5.82 Å². The van der Waals surface area contributed by atoms with Crippen molar-refractivity contribution >= 4 is 5.96 Å². The number of benzene rings is 2. The minimum absolute atomic E-state index is 0.290. The lowest BCUT2D eigenvalue weighted by Gasteiger charge is -2.13. The fourth-order valence-corrected chi connectivity index (χ4v) is 3.12. The van der Waals surface area contributed by atoms with Crippen molar-refractivity contribution in [3.63, 3.8) is 0 Å². The molecule has 2 N–H and O–H groups in total. The van der Waals surface area contributed by atoms with Gasteiger partial charge in [0.15, 0.2) is 23.3 Å². The number of aryl methyl sites for hydroxylation is 1. The number of hydrogen-bond donors (Lipinski definition) is 2. The molecule has 1 aliphatic heterocycles. The Hall–Kier alpha value is -3.55. The summed E-state index contributed by atoms with van der Waals surface area (Å²) in [5.74, 6) is 4.08. The molecule has 0 unspecified atom stereocenters. The van der Waals surface area contributed by atoms with Crippen LogP contribution in [-0.2, 0) is 26.6 Å². The molecule has 1 aromatic heterocycles. The molecule has 0 atom stereocenters. The molecule has 156 valence electrons. The fourth-order valence-electron chi connectivity index (χ4n) is 3.12. The van der Waals surface area contributed by atoms with Crippen molar-refractivity contribution in [2.24, 2.45) is 12.0 Å². The molecule has 0 fully saturated rings. The molecule has 0 amide bonds. The standard InChI is InChI=1S/C22H26N6O2/c1-16-26-27-21(28(16)2)14-25-22(24-13-18-6-4-3-5-7-18)23-11-10-17-8-9-19-20(12-17)30-15-29-19/h3-9,12H,10-11,13-15H2,1-2H3,(H2,23,24,25). The molecule has 8 nitrogen and oxygen atoms in total. The van der Waals surface area contributed by atoms with Gasteiger partial charge in [0, 0.05) is 13.6 Å². The van der Waals surface area contributed by atoms with Gasteiger partial charge in [-0.25, -0.2) is 4.99 Å². The molecule has 0 saturated heterocycles. The predicted octanol–water partition coefficient (Wildman–Crippen LogP) is 2.33. The zero-order valence-electron chi connectivity index (χ0n) is 17.3. The summed E-state index contributed by atoms with van der Waals surface area (Å²) in [6.07, 6.45) is 0.839. The van der Waals surface area contributed by atoms with Crippen LogP contribution in [0.3, 0.4) is 0 Å². The number of aliphatic imine (C=N–C) groups is 1. The van der Waals surface area contributed by atoms with E-state index < -0.39 is 0 Å². The zero-order valence-corrected chi connectivity index (χ0v) is 17.3. The van der Waals surface area contributed by atoms with Gasteiger partial charge < -0.3 is 24.7 Å². The molecule has 3 aromatic rings. The summed E-state index contributed by atoms with van der Waals surface area (Å²) in [7, 11) is 1.96. The average Bonchev–Trinajstić information content (AvgIpc) is 3.37. The number of nitrogens with zero attached hydrogens (tertiary/aromatic N) is 4. The van der Waals surface area contributed by atoms with Crippen molar-refractivity contribution in [2.75, 3.05) is 13.3 Å². The molecule has 2 heterocycles. The SMILES string of the molecule is Cc1nnc(CNC(=NCc2ccccc2)NCCc2ccc3c(c2)OCO3)n1C. The van der Waals surface area contributed by atoms with E-state index in [4.69, 9.17) is 14.5 Å². The minimum atomic E-state index is 0.290. The fraction of sp³-hybridized carbons (Fsp3) is 0.318. The number of ether oxygens (including phenoxy) is 2. The molecule has 0 bridgehead atoms. The monoisotopic (exact) mass is 406 g/mol. The minimum Gasteiger partial charge on any atom is -0.454 e. The van der Waals surface area contributed by atoms with Crippen LogP contribution >= 0.6 is 0 Å². The summed E-state index contributed by atoms with van der Waals surface area (Å²) < 4.78 is 12.8. The number of rotatable bonds is 7. The molecule has 0 radical (unpaired) electrons. The summed E-state index contributed by atoms with van der Waals surface area (Å²) in [6.45, 7) is 4.10. The van der Waals surface area contributed by atoms with Crippen LogP contribution in [0.5, 0.6) is 11.5 Å². The molecule has 8 heteroatoms. The first-order chi connectivity index (χ1) is 14.7. The number of aromatic nitrogens is 3. The van der Waals surface area contributed by atoms with Crippen LogP contribution in [0.15, 0.2) is 53.5 Å². The third-order valence-electron chi connectivity index (χ3n) is 5.00. The molecule has 0 aliphatic carbocycles. The van der Waals surface area contributed by atoms with Crippen molar-refractivity contribution in [1.82, 2.24) is 25.4 Å². The van der Waals surface area contributed by atoms with Gasteiger partial charge >= 0.3 is 0 Å². The lowest BCUT2D eigenvalue weighted by Crippen LogP contribution is -2.38. The highest BCUT2D eigenvalue weighted by Gasteiger charge is 2.13. The van der Waals surface area contributed by atoms with Crippen molar-refractivity contribution in [2.45, 2.75) is 26.4 Å². The average molecular weight is 406 g/mol. The maximum Gasteiger partial charge on any atom is 0.231 e. The highest BCUT2D eigenvalue weighted by Crippen LogP contribution is 2.32. The van der Waals surface area contributed by atoms with E-state index in [1.54, 1.807) is 0 Å². The second-order valence-electron chi connectivity index (χ2n) is 7.09. The Kier molecular flexibility index (Phi) is 6.12. The van der Waals surface area contributed by atoms with Crippen molar-refractivity contribution in [3.05, 3.63) is 71.3 Å². The van der Waals surface area contributed by atoms with E-state index in [-0.39, 0.29) is 0 Å². The van der Waals surface area contributed by atoms with E-state index in [9.17, 15) is 0 Å². The van der Waals surface area contributed by atoms with Crippen LogP contribution in [0.2, 0.25) is 0 Å². The molecule has 0 spiro atoms. The van der Waals surface area contributed by atoms with Crippen molar-refractivity contribution in [1.29, 1.82) is 0 Å². The Balaban J connectivity index is 1.38. The third kappa shape index (κ3) is 4.89. The quantitative estimate of drug-likeness (QED) is 0.463. The van der Waals surface area contributed by atoms with E-state index >= 15 is 0 Å². The van der Waals surface area contributed by atoms with E-state index in [0.29, 0.717) is 19.9 Å². The van der Waals surface area contributed by atoms with Gasteiger partial charge in [0.05, 0.1) is 13.1 Å². The maximum absolute atomic E-state index is 5.46. The van der Waals surface area contributed by atoms with Gasteiger partial charge in [-0.15, -0.1) is 10.2 Å². The first-order valence-corrected chi connectivity index (χ1v) is 9.98. The van der Waals surface area contributed by atoms with Gasteiger partial charge in [-0.05, 0) is 36.6 Å². The Morgan fingerprint density at radius 2 is 1.87 bits per heavy atom. The van der Waals surface area contributed by atoms with Crippen LogP contribution in [0.25, 0.3) is 0 Å². The molecular formula is C22H26N6O2. The smallest absolute Gasteiger partial charge is 0.231 e. The molecule has 4 rings (SSSR count). The Labute approximate surface area is 176 Å². The predicted molar refractivity (Wildman–Crippen MR) is 114 cm³/mol. The lowest BCUT2D eigenvalue weighted by molar-refractivity contribution is 0.174. The van der Waals surface area contributed by atoms with E-state index in [2.05, 4.69) is 39.0 Å². The first-order valence-electron chi connectivity index (χ1n) is 9.98. The van der Waals surface area contributed by atoms with Gasteiger partial charge in [-0.2, -0.15) is 0 Å². The molecule has 1 aliphatic rings. The summed E-state index contributed by atoms with van der Waals surface area (Å²) in [5.41, 5.74) is 2.34. The van der Waals surface area contributed by atoms with Crippen molar-refractivity contribution in [3.8, 4) is 11.5 Å². The summed E-state index contributed by atoms with van der Waals surface area (Å²) in [5, 5.41) is 15.1. The van der Waals surface area contributed by atoms with Crippen LogP contribution in [0.4, 0.5) is 0 Å². The van der Waals surface area contributed by atoms with E-state index in [1.165, 1.54) is 5.56 Å². The molecule has 2 aromatic carbocycles. The topological polar surface area (TPSA) is 85.6 Å². The summed E-state index contributed by atoms with van der Waals surface area (Å²) in [6, 6.07) is 16.2. The number of guanidine groups is 1. The van der Waals surface area contributed by atoms with Gasteiger partial charge in [0.25, 0.3) is 0 Å². The maximum atomic E-state index is 5.46. The zero-order chi connectivity index (χ0) is 20.8. The highest BCUT2D eigenvalue weighted by atomic mass is 16.7. The first kappa shape index (κ1) is 19.8. The highest BCUT2D eigenvalue weighted by molar-refractivity contribution is 5.79. The molecule has 30 heavy (non-hydrogen) atoms. The number of hydrogen-bond acceptors (Lipinski definition) is 5. The van der Waals surface area contributed by atoms with Gasteiger partial charge in [0.2, 0.25) is 6.79 Å². The van der Waals surface area contributed by atoms with Gasteiger partial charge in [-0.3, -0.25) is 0 Å². The van der Waals surface area contributed by atoms with Crippen LogP contribution in [0.1, 0.15) is 22.8 Å². The van der Waals surface area contributed by atoms with E-state index in [0.717, 1.165) is 47.6 Å². The summed E-state index contributed by atoms with van der Waals surface area (Å²) >= 11 is 0. The van der Waals surface area contributed by atoms with Crippen LogP contribution in [-0.4, -0.2) is 34.1 Å². The van der Waals surface area contributed by atoms with E-state index in [1.807, 2.05) is 48.9 Å². The summed E-state index contributed by atoms with van der Waals surface area (Å²) in [4.78, 5) is 4.73. The van der Waals surface area contributed by atoms with Crippen molar-refractivity contribution < 1.29 is 9.47 Å². The Bertz CT molecular complexity index is 1020. The number of fused-ring (bicyclic) bond motifs is 1. The van der Waals surface area contributed by atoms with Crippen LogP contribution in [0, 0.1) is 6.92 Å². The second-order valence-corrected chi connectivity index (χ2v) is 7.09. The normalized spacial score (nSPS) is 12.8. The Morgan fingerprint density at radius 1 is 1.03 bits per heavy atom. The second kappa shape index (κ2) is 9.30. The lowest BCUT2D eigenvalue weighted by atomic mass is 10.1. The largest absolute Gasteiger partial charge is 0.454 e. The molecule has 0 saturated carbocycles.